The second kappa shape index (κ2) is 12.3. The molecule has 1 atom stereocenters. The highest BCUT2D eigenvalue weighted by Crippen LogP contribution is 2.42. The molecule has 9 heteroatoms. The molecule has 204 valence electrons. The van der Waals surface area contributed by atoms with Crippen molar-refractivity contribution in [1.82, 2.24) is 5.32 Å². The Balaban J connectivity index is 1.17. The first-order valence-corrected chi connectivity index (χ1v) is 13.4. The van der Waals surface area contributed by atoms with Crippen molar-refractivity contribution in [1.29, 1.82) is 0 Å². The fraction of sp³-hybridized carbons (Fsp3) is 0.161. The minimum atomic E-state index is -1.36. The number of benzene rings is 4. The van der Waals surface area contributed by atoms with E-state index < -0.39 is 12.3 Å². The van der Waals surface area contributed by atoms with Crippen LogP contribution in [0.1, 0.15) is 34.0 Å². The third kappa shape index (κ3) is 6.50. The Bertz CT molecular complexity index is 1530. The molecule has 0 saturated carbocycles. The molecule has 40 heavy (non-hydrogen) atoms. The maximum atomic E-state index is 12.7. The van der Waals surface area contributed by atoms with E-state index in [1.807, 2.05) is 48.5 Å². The molecule has 4 aromatic carbocycles. The second-order valence-corrected chi connectivity index (χ2v) is 9.95. The average Bonchev–Trinajstić information content (AvgIpc) is 2.95. The monoisotopic (exact) mass is 577 g/mol. The van der Waals surface area contributed by atoms with Gasteiger partial charge in [0.25, 0.3) is 5.91 Å². The third-order valence-electron chi connectivity index (χ3n) is 6.48. The van der Waals surface area contributed by atoms with Gasteiger partial charge in [0.05, 0.1) is 11.6 Å². The minimum Gasteiger partial charge on any atom is -0.493 e. The lowest BCUT2D eigenvalue weighted by Crippen LogP contribution is -2.25. The number of ether oxygens (including phenoxy) is 3. The van der Waals surface area contributed by atoms with Crippen LogP contribution in [-0.4, -0.2) is 30.3 Å². The Hall–Kier alpha value is -4.20. The Labute approximate surface area is 241 Å². The molecule has 0 saturated heterocycles. The van der Waals surface area contributed by atoms with E-state index in [-0.39, 0.29) is 10.9 Å². The third-order valence-corrected chi connectivity index (χ3v) is 7.12. The standard InChI is InChI=1S/C31H25Cl2NO6/c32-25-16-22(19-4-2-1-3-5-19)7-6-20(25)12-14-34-30(35)21-8-10-23(11-9-21)39-29-18-28-24(17-26(29)33)27(13-15-38-28)40-31(36)37/h1-11,16-18,27H,12-15H2,(H,34,35)(H,36,37). The molecule has 0 radical (unpaired) electrons. The highest BCUT2D eigenvalue weighted by molar-refractivity contribution is 6.32. The zero-order chi connectivity index (χ0) is 28.1. The summed E-state index contributed by atoms with van der Waals surface area (Å²) >= 11 is 12.9. The average molecular weight is 578 g/mol. The number of hydrogen-bond acceptors (Lipinski definition) is 5. The lowest BCUT2D eigenvalue weighted by atomic mass is 10.0. The fourth-order valence-electron chi connectivity index (χ4n) is 4.45. The fourth-order valence-corrected chi connectivity index (χ4v) is 4.94. The van der Waals surface area contributed by atoms with Crippen LogP contribution in [0.25, 0.3) is 11.1 Å². The van der Waals surface area contributed by atoms with E-state index in [1.54, 1.807) is 36.4 Å². The van der Waals surface area contributed by atoms with Crippen molar-refractivity contribution in [3.05, 3.63) is 112 Å². The van der Waals surface area contributed by atoms with Crippen molar-refractivity contribution in [2.24, 2.45) is 0 Å². The van der Waals surface area contributed by atoms with Crippen molar-refractivity contribution in [2.75, 3.05) is 13.2 Å². The number of halogens is 2. The van der Waals surface area contributed by atoms with Crippen LogP contribution < -0.4 is 14.8 Å². The summed E-state index contributed by atoms with van der Waals surface area (Å²) in [6, 6.07) is 25.8. The van der Waals surface area contributed by atoms with Gasteiger partial charge in [-0.15, -0.1) is 0 Å². The van der Waals surface area contributed by atoms with Crippen LogP contribution in [0.3, 0.4) is 0 Å². The number of carbonyl (C=O) groups excluding carboxylic acids is 1. The minimum absolute atomic E-state index is 0.215. The van der Waals surface area contributed by atoms with E-state index in [0.717, 1.165) is 16.7 Å². The first kappa shape index (κ1) is 27.4. The van der Waals surface area contributed by atoms with E-state index in [9.17, 15) is 9.59 Å². The van der Waals surface area contributed by atoms with E-state index >= 15 is 0 Å². The van der Waals surface area contributed by atoms with Gasteiger partial charge in [0, 0.05) is 35.2 Å². The first-order chi connectivity index (χ1) is 19.4. The van der Waals surface area contributed by atoms with Crippen LogP contribution in [0.15, 0.2) is 84.9 Å². The summed E-state index contributed by atoms with van der Waals surface area (Å²) in [5, 5.41) is 12.8. The van der Waals surface area contributed by atoms with Gasteiger partial charge in [-0.1, -0.05) is 65.7 Å². The summed E-state index contributed by atoms with van der Waals surface area (Å²) in [6.45, 7) is 0.736. The normalized spacial score (nSPS) is 14.0. The number of hydrogen-bond donors (Lipinski definition) is 2. The van der Waals surface area contributed by atoms with Crippen molar-refractivity contribution >= 4 is 35.3 Å². The SMILES string of the molecule is O=C(O)OC1CCOc2cc(Oc3ccc(C(=O)NCCc4ccc(-c5ccccc5)cc4Cl)cc3)c(Cl)cc21. The molecule has 7 nitrogen and oxygen atoms in total. The van der Waals surface area contributed by atoms with Gasteiger partial charge in [-0.25, -0.2) is 4.79 Å². The topological polar surface area (TPSA) is 94.1 Å². The number of carboxylic acid groups (broad SMARTS) is 1. The zero-order valence-corrected chi connectivity index (χ0v) is 22.7. The molecule has 2 N–H and O–H groups in total. The summed E-state index contributed by atoms with van der Waals surface area (Å²) in [4.78, 5) is 23.7. The van der Waals surface area contributed by atoms with Crippen LogP contribution in [0.4, 0.5) is 4.79 Å². The Morgan fingerprint density at radius 2 is 1.70 bits per heavy atom. The smallest absolute Gasteiger partial charge is 0.493 e. The van der Waals surface area contributed by atoms with Crippen LogP contribution >= 0.6 is 23.2 Å². The van der Waals surface area contributed by atoms with Gasteiger partial charge in [0.2, 0.25) is 0 Å². The predicted octanol–water partition coefficient (Wildman–Crippen LogP) is 7.94. The van der Waals surface area contributed by atoms with Crippen molar-refractivity contribution in [3.8, 4) is 28.4 Å². The van der Waals surface area contributed by atoms with E-state index in [0.29, 0.717) is 59.4 Å². The lowest BCUT2D eigenvalue weighted by Gasteiger charge is -2.25. The van der Waals surface area contributed by atoms with Gasteiger partial charge in [-0.3, -0.25) is 4.79 Å². The number of carbonyl (C=O) groups is 2. The molecule has 1 heterocycles. The Morgan fingerprint density at radius 3 is 2.42 bits per heavy atom. The van der Waals surface area contributed by atoms with Crippen molar-refractivity contribution in [3.63, 3.8) is 0 Å². The molecule has 1 unspecified atom stereocenters. The molecular formula is C31H25Cl2NO6. The molecular weight excluding hydrogens is 553 g/mol. The quantitative estimate of drug-likeness (QED) is 0.206. The van der Waals surface area contributed by atoms with E-state index in [4.69, 9.17) is 42.5 Å². The zero-order valence-electron chi connectivity index (χ0n) is 21.2. The van der Waals surface area contributed by atoms with Gasteiger partial charge in [0.15, 0.2) is 0 Å². The van der Waals surface area contributed by atoms with Crippen molar-refractivity contribution in [2.45, 2.75) is 18.9 Å². The summed E-state index contributed by atoms with van der Waals surface area (Å²) in [5.41, 5.74) is 4.12. The Morgan fingerprint density at radius 1 is 0.925 bits per heavy atom. The second-order valence-electron chi connectivity index (χ2n) is 9.13. The predicted molar refractivity (Wildman–Crippen MR) is 153 cm³/mol. The highest BCUT2D eigenvalue weighted by Gasteiger charge is 2.27. The van der Waals surface area contributed by atoms with Crippen molar-refractivity contribution < 1.29 is 28.9 Å². The highest BCUT2D eigenvalue weighted by atomic mass is 35.5. The van der Waals surface area contributed by atoms with Crippen LogP contribution in [0.2, 0.25) is 10.0 Å². The van der Waals surface area contributed by atoms with Gasteiger partial charge in [-0.2, -0.15) is 0 Å². The lowest BCUT2D eigenvalue weighted by molar-refractivity contribution is 0.0326. The van der Waals surface area contributed by atoms with Crippen LogP contribution in [-0.2, 0) is 11.2 Å². The van der Waals surface area contributed by atoms with E-state index in [1.165, 1.54) is 0 Å². The molecule has 5 rings (SSSR count). The van der Waals surface area contributed by atoms with Gasteiger partial charge in [-0.05, 0) is 59.5 Å². The van der Waals surface area contributed by atoms with Crippen LogP contribution in [0, 0.1) is 0 Å². The summed E-state index contributed by atoms with van der Waals surface area (Å²) in [7, 11) is 0. The molecule has 4 aromatic rings. The number of fused-ring (bicyclic) bond motifs is 1. The molecule has 1 aliphatic rings. The summed E-state index contributed by atoms with van der Waals surface area (Å²) in [5.74, 6) is 1.04. The summed E-state index contributed by atoms with van der Waals surface area (Å²) in [6.07, 6.45) is -1.03. The molecule has 0 bridgehead atoms. The van der Waals surface area contributed by atoms with Gasteiger partial charge >= 0.3 is 6.16 Å². The number of nitrogens with one attached hydrogen (secondary N) is 1. The van der Waals surface area contributed by atoms with E-state index in [2.05, 4.69) is 5.32 Å². The molecule has 0 spiro atoms. The maximum Gasteiger partial charge on any atom is 0.506 e. The largest absolute Gasteiger partial charge is 0.506 e. The first-order valence-electron chi connectivity index (χ1n) is 12.6. The van der Waals surface area contributed by atoms with Gasteiger partial charge < -0.3 is 24.6 Å². The maximum absolute atomic E-state index is 12.7. The van der Waals surface area contributed by atoms with Crippen LogP contribution in [0.5, 0.6) is 17.2 Å². The molecule has 1 amide bonds. The summed E-state index contributed by atoms with van der Waals surface area (Å²) < 4.78 is 16.5. The Kier molecular flexibility index (Phi) is 8.43. The number of amides is 1. The molecule has 0 aliphatic carbocycles. The molecule has 1 aliphatic heterocycles. The van der Waals surface area contributed by atoms with Gasteiger partial charge in [0.1, 0.15) is 23.4 Å². The molecule has 0 aromatic heterocycles. The molecule has 0 fully saturated rings. The number of rotatable bonds is 8.